The average Bonchev–Trinajstić information content (AvgIpc) is 2.99. The average molecular weight is 266 g/mol. The Labute approximate surface area is 113 Å². The maximum absolute atomic E-state index is 12.2. The smallest absolute Gasteiger partial charge is 0.317 e. The quantitative estimate of drug-likeness (QED) is 0.886. The zero-order chi connectivity index (χ0) is 13.0. The minimum atomic E-state index is 0.103. The molecule has 0 bridgehead atoms. The highest BCUT2D eigenvalue weighted by Crippen LogP contribution is 2.34. The van der Waals surface area contributed by atoms with Gasteiger partial charge in [0.05, 0.1) is 6.04 Å². The van der Waals surface area contributed by atoms with Crippen LogP contribution in [0, 0.1) is 5.92 Å². The molecule has 2 heterocycles. The van der Waals surface area contributed by atoms with Gasteiger partial charge in [-0.05, 0) is 36.6 Å². The van der Waals surface area contributed by atoms with Gasteiger partial charge in [-0.3, -0.25) is 0 Å². The maximum Gasteiger partial charge on any atom is 0.317 e. The van der Waals surface area contributed by atoms with Crippen LogP contribution in [0.4, 0.5) is 4.79 Å². The topological polar surface area (TPSA) is 32.3 Å². The molecule has 0 unspecified atom stereocenters. The molecule has 1 aromatic rings. The van der Waals surface area contributed by atoms with Gasteiger partial charge in [-0.2, -0.15) is 0 Å². The highest BCUT2D eigenvalue weighted by molar-refractivity contribution is 7.10. The van der Waals surface area contributed by atoms with E-state index >= 15 is 0 Å². The molecule has 1 N–H and O–H groups in total. The van der Waals surface area contributed by atoms with E-state index in [2.05, 4.69) is 36.7 Å². The molecule has 4 heteroatoms. The number of amides is 2. The van der Waals surface area contributed by atoms with E-state index in [1.807, 2.05) is 4.90 Å². The summed E-state index contributed by atoms with van der Waals surface area (Å²) in [7, 11) is 0. The summed E-state index contributed by atoms with van der Waals surface area (Å²) in [5, 5.41) is 5.13. The molecule has 2 rings (SSSR count). The normalized spacial score (nSPS) is 19.5. The molecular formula is C14H22N2OS. The lowest BCUT2D eigenvalue weighted by atomic mass is 10.1. The summed E-state index contributed by atoms with van der Waals surface area (Å²) in [6.45, 7) is 6.02. The van der Waals surface area contributed by atoms with Crippen molar-refractivity contribution in [2.45, 2.75) is 39.2 Å². The van der Waals surface area contributed by atoms with Crippen molar-refractivity contribution in [3.63, 3.8) is 0 Å². The van der Waals surface area contributed by atoms with E-state index in [-0.39, 0.29) is 6.03 Å². The van der Waals surface area contributed by atoms with Gasteiger partial charge in [-0.15, -0.1) is 11.3 Å². The van der Waals surface area contributed by atoms with Gasteiger partial charge in [0.1, 0.15) is 0 Å². The number of carbonyl (C=O) groups is 1. The van der Waals surface area contributed by atoms with E-state index in [1.165, 1.54) is 4.88 Å². The first kappa shape index (κ1) is 13.4. The predicted octanol–water partition coefficient (Wildman–Crippen LogP) is 3.64. The molecular weight excluding hydrogens is 244 g/mol. The summed E-state index contributed by atoms with van der Waals surface area (Å²) in [5.74, 6) is 0.636. The summed E-state index contributed by atoms with van der Waals surface area (Å²) in [6, 6.07) is 4.60. The second-order valence-electron chi connectivity index (χ2n) is 5.28. The van der Waals surface area contributed by atoms with Gasteiger partial charge in [0.15, 0.2) is 0 Å². The van der Waals surface area contributed by atoms with Crippen molar-refractivity contribution in [1.82, 2.24) is 10.2 Å². The predicted molar refractivity (Wildman–Crippen MR) is 75.9 cm³/mol. The van der Waals surface area contributed by atoms with Crippen LogP contribution in [0.5, 0.6) is 0 Å². The van der Waals surface area contributed by atoms with Crippen LogP contribution in [-0.2, 0) is 0 Å². The van der Waals surface area contributed by atoms with Crippen molar-refractivity contribution in [3.8, 4) is 0 Å². The molecule has 1 fully saturated rings. The summed E-state index contributed by atoms with van der Waals surface area (Å²) in [5.41, 5.74) is 0. The van der Waals surface area contributed by atoms with Gasteiger partial charge >= 0.3 is 6.03 Å². The molecule has 0 aliphatic carbocycles. The van der Waals surface area contributed by atoms with Crippen LogP contribution in [0.2, 0.25) is 0 Å². The molecule has 1 atom stereocenters. The van der Waals surface area contributed by atoms with E-state index < -0.39 is 0 Å². The SMILES string of the molecule is CC(C)CCNC(=O)N1CCC[C@H]1c1cccs1. The molecule has 0 radical (unpaired) electrons. The van der Waals surface area contributed by atoms with Crippen molar-refractivity contribution in [2.75, 3.05) is 13.1 Å². The molecule has 3 nitrogen and oxygen atoms in total. The number of likely N-dealkylation sites (tertiary alicyclic amines) is 1. The lowest BCUT2D eigenvalue weighted by Gasteiger charge is -2.24. The van der Waals surface area contributed by atoms with Crippen LogP contribution in [0.25, 0.3) is 0 Å². The Balaban J connectivity index is 1.89. The fourth-order valence-electron chi connectivity index (χ4n) is 2.36. The van der Waals surface area contributed by atoms with E-state index in [0.29, 0.717) is 12.0 Å². The number of urea groups is 1. The molecule has 18 heavy (non-hydrogen) atoms. The van der Waals surface area contributed by atoms with Crippen molar-refractivity contribution >= 4 is 17.4 Å². The molecule has 1 aliphatic heterocycles. The molecule has 1 saturated heterocycles. The van der Waals surface area contributed by atoms with E-state index in [9.17, 15) is 4.79 Å². The van der Waals surface area contributed by atoms with Crippen LogP contribution in [0.15, 0.2) is 17.5 Å². The molecule has 1 aliphatic rings. The number of rotatable bonds is 4. The van der Waals surface area contributed by atoms with Crippen LogP contribution in [0.1, 0.15) is 44.0 Å². The number of nitrogens with one attached hydrogen (secondary N) is 1. The summed E-state index contributed by atoms with van der Waals surface area (Å²) >= 11 is 1.75. The third-order valence-electron chi connectivity index (χ3n) is 3.38. The van der Waals surface area contributed by atoms with E-state index in [0.717, 1.165) is 32.4 Å². The van der Waals surface area contributed by atoms with Crippen LogP contribution >= 0.6 is 11.3 Å². The second-order valence-corrected chi connectivity index (χ2v) is 6.26. The van der Waals surface area contributed by atoms with Gasteiger partial charge in [-0.25, -0.2) is 4.79 Å². The van der Waals surface area contributed by atoms with Gasteiger partial charge in [0.25, 0.3) is 0 Å². The Hall–Kier alpha value is -1.03. The van der Waals surface area contributed by atoms with E-state index in [1.54, 1.807) is 11.3 Å². The zero-order valence-corrected chi connectivity index (χ0v) is 12.0. The first-order valence-corrected chi connectivity index (χ1v) is 7.64. The molecule has 100 valence electrons. The Kier molecular flexibility index (Phi) is 4.64. The number of nitrogens with zero attached hydrogens (tertiary/aromatic N) is 1. The van der Waals surface area contributed by atoms with Gasteiger partial charge in [-0.1, -0.05) is 19.9 Å². The van der Waals surface area contributed by atoms with Crippen LogP contribution in [-0.4, -0.2) is 24.0 Å². The zero-order valence-electron chi connectivity index (χ0n) is 11.2. The first-order valence-electron chi connectivity index (χ1n) is 6.76. The highest BCUT2D eigenvalue weighted by atomic mass is 32.1. The number of hydrogen-bond donors (Lipinski definition) is 1. The Morgan fingerprint density at radius 1 is 1.61 bits per heavy atom. The largest absolute Gasteiger partial charge is 0.338 e. The minimum absolute atomic E-state index is 0.103. The fourth-order valence-corrected chi connectivity index (χ4v) is 3.23. The van der Waals surface area contributed by atoms with Crippen molar-refractivity contribution in [1.29, 1.82) is 0 Å². The van der Waals surface area contributed by atoms with Gasteiger partial charge in [0, 0.05) is 18.0 Å². The number of thiophene rings is 1. The van der Waals surface area contributed by atoms with E-state index in [4.69, 9.17) is 0 Å². The summed E-state index contributed by atoms with van der Waals surface area (Å²) in [6.07, 6.45) is 3.25. The van der Waals surface area contributed by atoms with Gasteiger partial charge in [0.2, 0.25) is 0 Å². The lowest BCUT2D eigenvalue weighted by molar-refractivity contribution is 0.193. The van der Waals surface area contributed by atoms with Crippen molar-refractivity contribution in [2.24, 2.45) is 5.92 Å². The third-order valence-corrected chi connectivity index (χ3v) is 4.36. The minimum Gasteiger partial charge on any atom is -0.338 e. The Morgan fingerprint density at radius 3 is 3.11 bits per heavy atom. The fraction of sp³-hybridized carbons (Fsp3) is 0.643. The molecule has 0 spiro atoms. The Morgan fingerprint density at radius 2 is 2.44 bits per heavy atom. The molecule has 0 aromatic carbocycles. The monoisotopic (exact) mass is 266 g/mol. The van der Waals surface area contributed by atoms with Crippen molar-refractivity contribution < 1.29 is 4.79 Å². The highest BCUT2D eigenvalue weighted by Gasteiger charge is 2.30. The van der Waals surface area contributed by atoms with Crippen LogP contribution in [0.3, 0.4) is 0 Å². The number of carbonyl (C=O) groups excluding carboxylic acids is 1. The van der Waals surface area contributed by atoms with Crippen LogP contribution < -0.4 is 5.32 Å². The van der Waals surface area contributed by atoms with Gasteiger partial charge < -0.3 is 10.2 Å². The second kappa shape index (κ2) is 6.23. The lowest BCUT2D eigenvalue weighted by Crippen LogP contribution is -2.39. The summed E-state index contributed by atoms with van der Waals surface area (Å²) < 4.78 is 0. The first-order chi connectivity index (χ1) is 8.68. The van der Waals surface area contributed by atoms with Crippen molar-refractivity contribution in [3.05, 3.63) is 22.4 Å². The maximum atomic E-state index is 12.2. The third kappa shape index (κ3) is 3.25. The standard InChI is InChI=1S/C14H22N2OS/c1-11(2)7-8-15-14(17)16-9-3-5-12(16)13-6-4-10-18-13/h4,6,10-12H,3,5,7-9H2,1-2H3,(H,15,17)/t12-/m0/s1. The number of hydrogen-bond acceptors (Lipinski definition) is 2. The molecule has 0 saturated carbocycles. The summed E-state index contributed by atoms with van der Waals surface area (Å²) in [4.78, 5) is 15.5. The molecule has 1 aromatic heterocycles. The Bertz CT molecular complexity index is 375. The molecule has 2 amide bonds.